The number of nitrogens with two attached hydrogens (primary N) is 1. The van der Waals surface area contributed by atoms with Crippen LogP contribution in [0.3, 0.4) is 0 Å². The molecule has 0 bridgehead atoms. The van der Waals surface area contributed by atoms with Gasteiger partial charge in [0.15, 0.2) is 0 Å². The predicted molar refractivity (Wildman–Crippen MR) is 73.1 cm³/mol. The Labute approximate surface area is 114 Å². The van der Waals surface area contributed by atoms with Crippen molar-refractivity contribution in [2.45, 2.75) is 19.1 Å². The van der Waals surface area contributed by atoms with Gasteiger partial charge in [0.2, 0.25) is 0 Å². The average molecular weight is 269 g/mol. The topological polar surface area (TPSA) is 73.9 Å². The zero-order chi connectivity index (χ0) is 13.9. The summed E-state index contributed by atoms with van der Waals surface area (Å²) in [7, 11) is 1.65. The second-order valence-electron chi connectivity index (χ2n) is 4.24. The molecule has 0 amide bonds. The molecule has 1 aromatic rings. The maximum atomic E-state index is 9.69. The molecule has 0 radical (unpaired) electrons. The molecule has 0 saturated carbocycles. The fraction of sp³-hybridized carbons (Fsp3) is 0.571. The van der Waals surface area contributed by atoms with E-state index >= 15 is 0 Å². The van der Waals surface area contributed by atoms with Crippen molar-refractivity contribution in [2.24, 2.45) is 5.73 Å². The monoisotopic (exact) mass is 269 g/mol. The summed E-state index contributed by atoms with van der Waals surface area (Å²) in [6.45, 7) is 2.19. The van der Waals surface area contributed by atoms with Gasteiger partial charge in [-0.25, -0.2) is 0 Å². The van der Waals surface area contributed by atoms with Gasteiger partial charge in [-0.15, -0.1) is 0 Å². The molecule has 5 heteroatoms. The van der Waals surface area contributed by atoms with Crippen molar-refractivity contribution < 1.29 is 19.3 Å². The van der Waals surface area contributed by atoms with E-state index in [2.05, 4.69) is 0 Å². The second-order valence-corrected chi connectivity index (χ2v) is 4.24. The fourth-order valence-corrected chi connectivity index (χ4v) is 1.53. The minimum absolute atomic E-state index is 0.207. The standard InChI is InChI=1S/C14H23NO4/c1-17-6-3-7-18-10-13(16)11-19-14-5-2-4-12(8-14)9-15/h2,4-5,8,13,16H,3,6-7,9-11,15H2,1H3. The smallest absolute Gasteiger partial charge is 0.119 e. The van der Waals surface area contributed by atoms with E-state index in [1.165, 1.54) is 0 Å². The molecular formula is C14H23NO4. The minimum Gasteiger partial charge on any atom is -0.491 e. The summed E-state index contributed by atoms with van der Waals surface area (Å²) < 4.78 is 15.7. The summed E-state index contributed by atoms with van der Waals surface area (Å²) in [5.41, 5.74) is 6.55. The number of benzene rings is 1. The van der Waals surface area contributed by atoms with Gasteiger partial charge in [-0.1, -0.05) is 12.1 Å². The molecular weight excluding hydrogens is 246 g/mol. The number of aliphatic hydroxyl groups excluding tert-OH is 1. The molecule has 0 heterocycles. The molecule has 0 aliphatic heterocycles. The molecule has 1 aromatic carbocycles. The van der Waals surface area contributed by atoms with Crippen molar-refractivity contribution in [1.82, 2.24) is 0 Å². The zero-order valence-corrected chi connectivity index (χ0v) is 11.4. The first-order chi connectivity index (χ1) is 9.26. The van der Waals surface area contributed by atoms with E-state index in [0.29, 0.717) is 25.5 Å². The van der Waals surface area contributed by atoms with Crippen molar-refractivity contribution >= 4 is 0 Å². The van der Waals surface area contributed by atoms with Gasteiger partial charge in [-0.05, 0) is 24.1 Å². The zero-order valence-electron chi connectivity index (χ0n) is 11.4. The van der Waals surface area contributed by atoms with Crippen LogP contribution in [0.4, 0.5) is 0 Å². The SMILES string of the molecule is COCCCOCC(O)COc1cccc(CN)c1. The molecule has 0 saturated heterocycles. The van der Waals surface area contributed by atoms with Crippen molar-refractivity contribution in [3.63, 3.8) is 0 Å². The van der Waals surface area contributed by atoms with E-state index < -0.39 is 6.10 Å². The molecule has 3 N–H and O–H groups in total. The van der Waals surface area contributed by atoms with Crippen LogP contribution in [-0.4, -0.2) is 44.7 Å². The number of hydrogen-bond donors (Lipinski definition) is 2. The van der Waals surface area contributed by atoms with Gasteiger partial charge in [-0.3, -0.25) is 0 Å². The average Bonchev–Trinajstić information content (AvgIpc) is 2.45. The van der Waals surface area contributed by atoms with Gasteiger partial charge >= 0.3 is 0 Å². The van der Waals surface area contributed by atoms with Gasteiger partial charge in [0, 0.05) is 26.9 Å². The highest BCUT2D eigenvalue weighted by Gasteiger charge is 2.05. The Hall–Kier alpha value is -1.14. The molecule has 108 valence electrons. The Kier molecular flexibility index (Phi) is 8.16. The largest absolute Gasteiger partial charge is 0.491 e. The number of aliphatic hydroxyl groups is 1. The third kappa shape index (κ3) is 7.12. The Morgan fingerprint density at radius 1 is 1.26 bits per heavy atom. The van der Waals surface area contributed by atoms with Crippen LogP contribution in [0.5, 0.6) is 5.75 Å². The predicted octanol–water partition coefficient (Wildman–Crippen LogP) is 0.938. The van der Waals surface area contributed by atoms with E-state index in [-0.39, 0.29) is 13.2 Å². The molecule has 0 aliphatic rings. The van der Waals surface area contributed by atoms with E-state index in [1.54, 1.807) is 7.11 Å². The Balaban J connectivity index is 2.16. The number of methoxy groups -OCH3 is 1. The lowest BCUT2D eigenvalue weighted by atomic mass is 10.2. The van der Waals surface area contributed by atoms with E-state index in [4.69, 9.17) is 19.9 Å². The third-order valence-corrected chi connectivity index (χ3v) is 2.52. The van der Waals surface area contributed by atoms with Crippen LogP contribution in [0.25, 0.3) is 0 Å². The quantitative estimate of drug-likeness (QED) is 0.618. The lowest BCUT2D eigenvalue weighted by Crippen LogP contribution is -2.24. The highest BCUT2D eigenvalue weighted by molar-refractivity contribution is 5.28. The Morgan fingerprint density at radius 2 is 2.11 bits per heavy atom. The van der Waals surface area contributed by atoms with Crippen LogP contribution < -0.4 is 10.5 Å². The minimum atomic E-state index is -0.635. The molecule has 0 spiro atoms. The molecule has 0 aromatic heterocycles. The first kappa shape index (κ1) is 15.9. The van der Waals surface area contributed by atoms with Crippen molar-refractivity contribution in [2.75, 3.05) is 33.5 Å². The lowest BCUT2D eigenvalue weighted by Gasteiger charge is -2.13. The van der Waals surface area contributed by atoms with Crippen LogP contribution >= 0.6 is 0 Å². The van der Waals surface area contributed by atoms with Gasteiger partial charge in [-0.2, -0.15) is 0 Å². The molecule has 1 rings (SSSR count). The van der Waals surface area contributed by atoms with Gasteiger partial charge in [0.05, 0.1) is 6.61 Å². The van der Waals surface area contributed by atoms with Crippen molar-refractivity contribution in [3.8, 4) is 5.75 Å². The fourth-order valence-electron chi connectivity index (χ4n) is 1.53. The van der Waals surface area contributed by atoms with Gasteiger partial charge in [0.25, 0.3) is 0 Å². The van der Waals surface area contributed by atoms with Crippen LogP contribution in [0.2, 0.25) is 0 Å². The van der Waals surface area contributed by atoms with E-state index in [0.717, 1.165) is 12.0 Å². The van der Waals surface area contributed by atoms with Crippen LogP contribution in [0.15, 0.2) is 24.3 Å². The van der Waals surface area contributed by atoms with E-state index in [1.807, 2.05) is 24.3 Å². The maximum absolute atomic E-state index is 9.69. The van der Waals surface area contributed by atoms with Gasteiger partial charge in [0.1, 0.15) is 18.5 Å². The summed E-state index contributed by atoms with van der Waals surface area (Å²) >= 11 is 0. The van der Waals surface area contributed by atoms with Crippen molar-refractivity contribution in [3.05, 3.63) is 29.8 Å². The van der Waals surface area contributed by atoms with Crippen molar-refractivity contribution in [1.29, 1.82) is 0 Å². The molecule has 19 heavy (non-hydrogen) atoms. The summed E-state index contributed by atoms with van der Waals surface area (Å²) in [5, 5.41) is 9.69. The lowest BCUT2D eigenvalue weighted by molar-refractivity contribution is 0.00681. The first-order valence-electron chi connectivity index (χ1n) is 6.42. The number of hydrogen-bond acceptors (Lipinski definition) is 5. The second kappa shape index (κ2) is 9.75. The normalized spacial score (nSPS) is 12.4. The van der Waals surface area contributed by atoms with Crippen LogP contribution in [0.1, 0.15) is 12.0 Å². The number of rotatable bonds is 10. The number of ether oxygens (including phenoxy) is 3. The summed E-state index contributed by atoms with van der Waals surface area (Å²) in [4.78, 5) is 0. The molecule has 1 unspecified atom stereocenters. The molecule has 0 aliphatic carbocycles. The summed E-state index contributed by atoms with van der Waals surface area (Å²) in [6, 6.07) is 7.52. The molecule has 0 fully saturated rings. The Morgan fingerprint density at radius 3 is 2.84 bits per heavy atom. The highest BCUT2D eigenvalue weighted by atomic mass is 16.5. The van der Waals surface area contributed by atoms with Crippen LogP contribution in [-0.2, 0) is 16.0 Å². The Bertz CT molecular complexity index is 346. The first-order valence-corrected chi connectivity index (χ1v) is 6.42. The highest BCUT2D eigenvalue weighted by Crippen LogP contribution is 2.13. The van der Waals surface area contributed by atoms with Crippen LogP contribution in [0, 0.1) is 0 Å². The summed E-state index contributed by atoms with van der Waals surface area (Å²) in [5.74, 6) is 0.710. The van der Waals surface area contributed by atoms with E-state index in [9.17, 15) is 5.11 Å². The molecule has 1 atom stereocenters. The third-order valence-electron chi connectivity index (χ3n) is 2.52. The maximum Gasteiger partial charge on any atom is 0.119 e. The molecule has 5 nitrogen and oxygen atoms in total. The summed E-state index contributed by atoms with van der Waals surface area (Å²) in [6.07, 6.45) is 0.187. The van der Waals surface area contributed by atoms with Gasteiger partial charge < -0.3 is 25.1 Å².